The summed E-state index contributed by atoms with van der Waals surface area (Å²) >= 11 is 0. The zero-order chi connectivity index (χ0) is 11.9. The molecule has 3 unspecified atom stereocenters. The van der Waals surface area contributed by atoms with E-state index in [1.54, 1.807) is 7.11 Å². The third-order valence-corrected chi connectivity index (χ3v) is 4.04. The second-order valence-corrected chi connectivity index (χ2v) is 5.50. The summed E-state index contributed by atoms with van der Waals surface area (Å²) in [7, 11) is 1.60. The van der Waals surface area contributed by atoms with Crippen LogP contribution in [0.5, 0.6) is 0 Å². The summed E-state index contributed by atoms with van der Waals surface area (Å²) < 4.78 is 5.30. The predicted octanol–water partition coefficient (Wildman–Crippen LogP) is 0.620. The van der Waals surface area contributed by atoms with Crippen LogP contribution in [-0.2, 0) is 9.53 Å². The van der Waals surface area contributed by atoms with Gasteiger partial charge in [-0.15, -0.1) is 0 Å². The maximum Gasteiger partial charge on any atom is 0.254 e. The molecule has 0 aromatic rings. The smallest absolute Gasteiger partial charge is 0.254 e. The SMILES string of the molecule is COC(C)(C)C(=O)N1C(C)CC2CNCC21. The average Bonchev–Trinajstić information content (AvgIpc) is 2.76. The summed E-state index contributed by atoms with van der Waals surface area (Å²) in [5.74, 6) is 0.755. The lowest BCUT2D eigenvalue weighted by molar-refractivity contribution is -0.153. The second-order valence-electron chi connectivity index (χ2n) is 5.50. The molecule has 1 amide bonds. The van der Waals surface area contributed by atoms with E-state index in [0.29, 0.717) is 18.0 Å². The van der Waals surface area contributed by atoms with Crippen molar-refractivity contribution in [2.24, 2.45) is 5.92 Å². The van der Waals surface area contributed by atoms with Gasteiger partial charge in [-0.2, -0.15) is 0 Å². The number of fused-ring (bicyclic) bond motifs is 1. The van der Waals surface area contributed by atoms with Crippen molar-refractivity contribution in [3.8, 4) is 0 Å². The van der Waals surface area contributed by atoms with Gasteiger partial charge in [0.15, 0.2) is 0 Å². The number of hydrogen-bond donors (Lipinski definition) is 1. The third-order valence-electron chi connectivity index (χ3n) is 4.04. The van der Waals surface area contributed by atoms with Gasteiger partial charge in [-0.25, -0.2) is 0 Å². The Morgan fingerprint density at radius 3 is 2.75 bits per heavy atom. The Kier molecular flexibility index (Phi) is 2.97. The fourth-order valence-corrected chi connectivity index (χ4v) is 2.91. The van der Waals surface area contributed by atoms with Crippen molar-refractivity contribution in [2.75, 3.05) is 20.2 Å². The highest BCUT2D eigenvalue weighted by molar-refractivity contribution is 5.85. The van der Waals surface area contributed by atoms with E-state index in [1.165, 1.54) is 0 Å². The summed E-state index contributed by atoms with van der Waals surface area (Å²) in [4.78, 5) is 14.5. The first kappa shape index (κ1) is 11.9. The summed E-state index contributed by atoms with van der Waals surface area (Å²) in [6.07, 6.45) is 1.11. The molecule has 0 spiro atoms. The molecule has 3 atom stereocenters. The van der Waals surface area contributed by atoms with Crippen molar-refractivity contribution in [1.29, 1.82) is 0 Å². The van der Waals surface area contributed by atoms with Crippen LogP contribution in [0.1, 0.15) is 27.2 Å². The van der Waals surface area contributed by atoms with Gasteiger partial charge in [0.05, 0.1) is 0 Å². The van der Waals surface area contributed by atoms with E-state index in [9.17, 15) is 4.79 Å². The van der Waals surface area contributed by atoms with Crippen LogP contribution in [0.25, 0.3) is 0 Å². The number of hydrogen-bond acceptors (Lipinski definition) is 3. The number of methoxy groups -OCH3 is 1. The van der Waals surface area contributed by atoms with Crippen molar-refractivity contribution < 1.29 is 9.53 Å². The molecule has 2 aliphatic heterocycles. The van der Waals surface area contributed by atoms with Gasteiger partial charge in [0.25, 0.3) is 5.91 Å². The van der Waals surface area contributed by atoms with Crippen molar-refractivity contribution in [3.05, 3.63) is 0 Å². The topological polar surface area (TPSA) is 41.6 Å². The second kappa shape index (κ2) is 4.00. The van der Waals surface area contributed by atoms with E-state index in [1.807, 2.05) is 18.7 Å². The lowest BCUT2D eigenvalue weighted by atomic mass is 10.0. The van der Waals surface area contributed by atoms with E-state index < -0.39 is 5.60 Å². The molecular formula is C12H22N2O2. The summed E-state index contributed by atoms with van der Waals surface area (Å²) in [6, 6.07) is 0.718. The van der Waals surface area contributed by atoms with E-state index in [4.69, 9.17) is 4.74 Å². The number of likely N-dealkylation sites (tertiary alicyclic amines) is 1. The molecule has 4 heteroatoms. The molecule has 0 aromatic carbocycles. The zero-order valence-corrected chi connectivity index (χ0v) is 10.6. The average molecular weight is 226 g/mol. The Morgan fingerprint density at radius 2 is 2.12 bits per heavy atom. The molecule has 0 bridgehead atoms. The van der Waals surface area contributed by atoms with Crippen LogP contribution in [0, 0.1) is 5.92 Å². The van der Waals surface area contributed by atoms with Gasteiger partial charge in [0.1, 0.15) is 5.60 Å². The maximum atomic E-state index is 12.4. The quantitative estimate of drug-likeness (QED) is 0.750. The van der Waals surface area contributed by atoms with Crippen LogP contribution in [0.3, 0.4) is 0 Å². The summed E-state index contributed by atoms with van der Waals surface area (Å²) in [6.45, 7) is 7.81. The Bertz CT molecular complexity index is 291. The van der Waals surface area contributed by atoms with E-state index in [-0.39, 0.29) is 5.91 Å². The normalized spacial score (nSPS) is 34.2. The van der Waals surface area contributed by atoms with Crippen LogP contribution < -0.4 is 5.32 Å². The van der Waals surface area contributed by atoms with Crippen molar-refractivity contribution >= 4 is 5.91 Å². The minimum atomic E-state index is -0.703. The monoisotopic (exact) mass is 226 g/mol. The molecule has 2 heterocycles. The molecule has 2 fully saturated rings. The van der Waals surface area contributed by atoms with Gasteiger partial charge < -0.3 is 15.0 Å². The Hall–Kier alpha value is -0.610. The molecule has 92 valence electrons. The minimum absolute atomic E-state index is 0.124. The Labute approximate surface area is 97.3 Å². The van der Waals surface area contributed by atoms with Crippen molar-refractivity contribution in [3.63, 3.8) is 0 Å². The highest BCUT2D eigenvalue weighted by atomic mass is 16.5. The first-order valence-electron chi connectivity index (χ1n) is 6.06. The molecule has 0 aliphatic carbocycles. The molecular weight excluding hydrogens is 204 g/mol. The van der Waals surface area contributed by atoms with Gasteiger partial charge in [0, 0.05) is 32.3 Å². The minimum Gasteiger partial charge on any atom is -0.369 e. The van der Waals surface area contributed by atoms with E-state index >= 15 is 0 Å². The number of carbonyl (C=O) groups is 1. The van der Waals surface area contributed by atoms with E-state index in [0.717, 1.165) is 19.5 Å². The maximum absolute atomic E-state index is 12.4. The molecule has 16 heavy (non-hydrogen) atoms. The summed E-state index contributed by atoms with van der Waals surface area (Å²) in [5.41, 5.74) is -0.703. The first-order chi connectivity index (χ1) is 7.47. The highest BCUT2D eigenvalue weighted by Gasteiger charge is 2.47. The van der Waals surface area contributed by atoms with Crippen LogP contribution in [-0.4, -0.2) is 48.7 Å². The molecule has 0 saturated carbocycles. The molecule has 0 aromatic heterocycles. The van der Waals surface area contributed by atoms with Crippen molar-refractivity contribution in [2.45, 2.75) is 44.9 Å². The number of nitrogens with one attached hydrogen (secondary N) is 1. The summed E-state index contributed by atoms with van der Waals surface area (Å²) in [5, 5.41) is 3.36. The van der Waals surface area contributed by atoms with Gasteiger partial charge in [-0.05, 0) is 33.1 Å². The van der Waals surface area contributed by atoms with Gasteiger partial charge >= 0.3 is 0 Å². The zero-order valence-electron chi connectivity index (χ0n) is 10.6. The highest BCUT2D eigenvalue weighted by Crippen LogP contribution is 2.34. The first-order valence-corrected chi connectivity index (χ1v) is 6.06. The van der Waals surface area contributed by atoms with Gasteiger partial charge in [-0.1, -0.05) is 0 Å². The number of ether oxygens (including phenoxy) is 1. The standard InChI is InChI=1S/C12H22N2O2/c1-8-5-9-6-13-7-10(9)14(8)11(15)12(2,3)16-4/h8-10,13H,5-7H2,1-4H3. The van der Waals surface area contributed by atoms with Crippen molar-refractivity contribution in [1.82, 2.24) is 10.2 Å². The molecule has 2 aliphatic rings. The molecule has 1 N–H and O–H groups in total. The fourth-order valence-electron chi connectivity index (χ4n) is 2.91. The lowest BCUT2D eigenvalue weighted by Gasteiger charge is -2.34. The van der Waals surface area contributed by atoms with E-state index in [2.05, 4.69) is 12.2 Å². The molecule has 0 radical (unpaired) electrons. The number of carbonyl (C=O) groups excluding carboxylic acids is 1. The molecule has 2 saturated heterocycles. The third kappa shape index (κ3) is 1.74. The Morgan fingerprint density at radius 1 is 1.44 bits per heavy atom. The number of rotatable bonds is 2. The number of amides is 1. The van der Waals surface area contributed by atoms with Gasteiger partial charge in [-0.3, -0.25) is 4.79 Å². The molecule has 4 nitrogen and oxygen atoms in total. The lowest BCUT2D eigenvalue weighted by Crippen LogP contribution is -2.52. The largest absolute Gasteiger partial charge is 0.369 e. The van der Waals surface area contributed by atoms with Crippen LogP contribution in [0.2, 0.25) is 0 Å². The Balaban J connectivity index is 2.17. The van der Waals surface area contributed by atoms with Crippen LogP contribution >= 0.6 is 0 Å². The molecule has 2 rings (SSSR count). The fraction of sp³-hybridized carbons (Fsp3) is 0.917. The number of nitrogens with zero attached hydrogens (tertiary/aromatic N) is 1. The predicted molar refractivity (Wildman–Crippen MR) is 62.2 cm³/mol. The van der Waals surface area contributed by atoms with Crippen LogP contribution in [0.15, 0.2) is 0 Å². The van der Waals surface area contributed by atoms with Crippen LogP contribution in [0.4, 0.5) is 0 Å². The van der Waals surface area contributed by atoms with Gasteiger partial charge in [0.2, 0.25) is 0 Å².